The van der Waals surface area contributed by atoms with Crippen molar-refractivity contribution in [1.29, 1.82) is 0 Å². The maximum Gasteiger partial charge on any atom is 0.419 e. The number of ether oxygens (including phenoxy) is 2. The minimum atomic E-state index is -1.15. The summed E-state index contributed by atoms with van der Waals surface area (Å²) in [5, 5.41) is 11.2. The quantitative estimate of drug-likeness (QED) is 0.197. The smallest absolute Gasteiger partial charge is 0.419 e. The Morgan fingerprint density at radius 3 is 2.58 bits per heavy atom. The van der Waals surface area contributed by atoms with Crippen LogP contribution in [-0.2, 0) is 14.3 Å². The van der Waals surface area contributed by atoms with Crippen molar-refractivity contribution in [2.45, 2.75) is 19.9 Å². The fourth-order valence-corrected chi connectivity index (χ4v) is 2.55. The molecule has 1 aliphatic heterocycles. The number of anilines is 1. The molecule has 10 heteroatoms. The van der Waals surface area contributed by atoms with Crippen molar-refractivity contribution in [3.8, 4) is 0 Å². The Morgan fingerprint density at radius 1 is 1.31 bits per heavy atom. The zero-order valence-corrected chi connectivity index (χ0v) is 14.1. The van der Waals surface area contributed by atoms with E-state index < -0.39 is 28.7 Å². The Kier molecular flexibility index (Phi) is 5.82. The van der Waals surface area contributed by atoms with Gasteiger partial charge in [-0.15, -0.1) is 0 Å². The molecule has 2 rings (SSSR count). The summed E-state index contributed by atoms with van der Waals surface area (Å²) >= 11 is 0. The maximum atomic E-state index is 12.5. The number of carbonyl (C=O) groups excluding carboxylic acids is 2. The Labute approximate surface area is 148 Å². The number of rotatable bonds is 5. The van der Waals surface area contributed by atoms with Crippen LogP contribution in [0.3, 0.4) is 0 Å². The van der Waals surface area contributed by atoms with Crippen LogP contribution in [0.4, 0.5) is 16.2 Å². The molecule has 0 N–H and O–H groups in total. The van der Waals surface area contributed by atoms with E-state index in [0.717, 1.165) is 4.90 Å². The van der Waals surface area contributed by atoms with E-state index in [1.54, 1.807) is 13.8 Å². The number of nitro benzene ring substituents is 1. The van der Waals surface area contributed by atoms with Gasteiger partial charge in [-0.25, -0.2) is 9.59 Å². The zero-order chi connectivity index (χ0) is 19.3. The highest BCUT2D eigenvalue weighted by atomic mass is 16.6. The van der Waals surface area contributed by atoms with Crippen LogP contribution in [0.15, 0.2) is 24.3 Å². The summed E-state index contributed by atoms with van der Waals surface area (Å²) in [7, 11) is 0. The molecule has 1 atom stereocenters. The van der Waals surface area contributed by atoms with E-state index in [1.807, 2.05) is 0 Å². The van der Waals surface area contributed by atoms with Crippen LogP contribution < -0.4 is 4.90 Å². The summed E-state index contributed by atoms with van der Waals surface area (Å²) in [6.07, 6.45) is 1.87. The van der Waals surface area contributed by atoms with Gasteiger partial charge < -0.3 is 15.0 Å². The number of carbonyl (C=O) groups is 2. The van der Waals surface area contributed by atoms with Crippen molar-refractivity contribution in [2.75, 3.05) is 18.1 Å². The van der Waals surface area contributed by atoms with Gasteiger partial charge in [-0.05, 0) is 32.1 Å². The first-order valence-corrected chi connectivity index (χ1v) is 7.76. The normalized spacial score (nSPS) is 14.8. The lowest BCUT2D eigenvalue weighted by atomic mass is 9.99. The summed E-state index contributed by atoms with van der Waals surface area (Å²) in [6, 6.07) is 3.02. The molecule has 0 saturated carbocycles. The van der Waals surface area contributed by atoms with Crippen LogP contribution in [0.1, 0.15) is 19.4 Å². The Morgan fingerprint density at radius 2 is 2.00 bits per heavy atom. The van der Waals surface area contributed by atoms with Gasteiger partial charge in [-0.1, -0.05) is 6.07 Å². The Hall–Kier alpha value is -3.52. The minimum Gasteiger partial charge on any atom is -0.457 e. The first-order valence-electron chi connectivity index (χ1n) is 7.76. The van der Waals surface area contributed by atoms with Gasteiger partial charge in [0.15, 0.2) is 6.04 Å². The molecule has 1 aromatic rings. The molecule has 1 unspecified atom stereocenters. The molecular formula is C16H16N4O6. The molecule has 0 aromatic heterocycles. The maximum absolute atomic E-state index is 12.5. The first kappa shape index (κ1) is 18.8. The Balaban J connectivity index is 2.61. The molecule has 0 bridgehead atoms. The molecule has 0 saturated heterocycles. The molecule has 136 valence electrons. The van der Waals surface area contributed by atoms with E-state index in [-0.39, 0.29) is 30.2 Å². The van der Waals surface area contributed by atoms with Crippen LogP contribution in [0.25, 0.3) is 11.6 Å². The molecule has 0 aliphatic carbocycles. The van der Waals surface area contributed by atoms with E-state index in [9.17, 15) is 25.2 Å². The third-order valence-corrected chi connectivity index (χ3v) is 3.58. The highest BCUT2D eigenvalue weighted by Crippen LogP contribution is 2.36. The van der Waals surface area contributed by atoms with Crippen LogP contribution >= 0.6 is 0 Å². The van der Waals surface area contributed by atoms with Gasteiger partial charge in [-0.3, -0.25) is 15.0 Å². The standard InChI is InChI=1S/C16H16N4O6/c1-3-25-15(21)14(18-17)13-9-8-10-11(19(13)16(22)26-4-2)6-5-7-12(10)20(23)24/h5-9,13H,3-4H2,1-2H3. The molecule has 0 spiro atoms. The summed E-state index contributed by atoms with van der Waals surface area (Å²) in [5.41, 5.74) is 8.91. The summed E-state index contributed by atoms with van der Waals surface area (Å²) in [5.74, 6) is -0.923. The van der Waals surface area contributed by atoms with Crippen LogP contribution in [-0.4, -0.2) is 46.7 Å². The lowest BCUT2D eigenvalue weighted by molar-refractivity contribution is -0.385. The monoisotopic (exact) mass is 360 g/mol. The predicted molar refractivity (Wildman–Crippen MR) is 90.7 cm³/mol. The second-order valence-corrected chi connectivity index (χ2v) is 5.05. The largest absolute Gasteiger partial charge is 0.457 e. The van der Waals surface area contributed by atoms with Gasteiger partial charge in [0.25, 0.3) is 5.69 Å². The fourth-order valence-electron chi connectivity index (χ4n) is 2.55. The van der Waals surface area contributed by atoms with E-state index in [2.05, 4.69) is 4.79 Å². The summed E-state index contributed by atoms with van der Waals surface area (Å²) in [6.45, 7) is 3.25. The molecule has 0 radical (unpaired) electrons. The van der Waals surface area contributed by atoms with Gasteiger partial charge in [-0.2, -0.15) is 4.79 Å². The van der Waals surface area contributed by atoms with Crippen molar-refractivity contribution in [1.82, 2.24) is 0 Å². The number of hydrogen-bond acceptors (Lipinski definition) is 6. The Bertz CT molecular complexity index is 828. The van der Waals surface area contributed by atoms with Crippen LogP contribution in [0, 0.1) is 10.1 Å². The van der Waals surface area contributed by atoms with Crippen LogP contribution in [0.2, 0.25) is 0 Å². The molecule has 1 aromatic carbocycles. The van der Waals surface area contributed by atoms with Crippen molar-refractivity contribution >= 4 is 35.2 Å². The zero-order valence-electron chi connectivity index (χ0n) is 14.1. The molecule has 1 amide bonds. The lowest BCUT2D eigenvalue weighted by Gasteiger charge is -2.29. The summed E-state index contributed by atoms with van der Waals surface area (Å²) < 4.78 is 9.83. The number of benzene rings is 1. The molecular weight excluding hydrogens is 344 g/mol. The highest BCUT2D eigenvalue weighted by Gasteiger charge is 2.43. The van der Waals surface area contributed by atoms with Gasteiger partial charge >= 0.3 is 17.8 Å². The van der Waals surface area contributed by atoms with Gasteiger partial charge in [0.05, 0.1) is 29.4 Å². The SMILES string of the molecule is CCOC(=O)C(=[N+]=[N-])C1C=Cc2c(cccc2[N+](=O)[O-])N1C(=O)OCC. The van der Waals surface area contributed by atoms with Crippen LogP contribution in [0.5, 0.6) is 0 Å². The van der Waals surface area contributed by atoms with E-state index in [4.69, 9.17) is 9.47 Å². The number of esters is 1. The second-order valence-electron chi connectivity index (χ2n) is 5.05. The van der Waals surface area contributed by atoms with Crippen molar-refractivity contribution < 1.29 is 28.8 Å². The number of nitrogens with zero attached hydrogens (tertiary/aromatic N) is 4. The molecule has 0 fully saturated rings. The number of amides is 1. The molecule has 1 heterocycles. The molecule has 10 nitrogen and oxygen atoms in total. The highest BCUT2D eigenvalue weighted by molar-refractivity contribution is 6.38. The van der Waals surface area contributed by atoms with Gasteiger partial charge in [0, 0.05) is 6.07 Å². The second kappa shape index (κ2) is 8.04. The van der Waals surface area contributed by atoms with Gasteiger partial charge in [0.2, 0.25) is 0 Å². The lowest BCUT2D eigenvalue weighted by Crippen LogP contribution is -2.49. The number of hydrogen-bond donors (Lipinski definition) is 0. The third kappa shape index (κ3) is 3.45. The van der Waals surface area contributed by atoms with Crippen molar-refractivity contribution in [3.63, 3.8) is 0 Å². The topological polar surface area (TPSA) is 135 Å². The fraction of sp³-hybridized carbons (Fsp3) is 0.312. The average molecular weight is 360 g/mol. The van der Waals surface area contributed by atoms with E-state index in [1.165, 1.54) is 30.4 Å². The van der Waals surface area contributed by atoms with Crippen molar-refractivity contribution in [3.05, 3.63) is 45.5 Å². The van der Waals surface area contributed by atoms with Crippen molar-refractivity contribution in [2.24, 2.45) is 0 Å². The van der Waals surface area contributed by atoms with E-state index in [0.29, 0.717) is 0 Å². The predicted octanol–water partition coefficient (Wildman–Crippen LogP) is 2.19. The molecule has 1 aliphatic rings. The summed E-state index contributed by atoms with van der Waals surface area (Å²) in [4.78, 5) is 39.1. The number of nitro groups is 1. The third-order valence-electron chi connectivity index (χ3n) is 3.58. The molecule has 26 heavy (non-hydrogen) atoms. The van der Waals surface area contributed by atoms with Gasteiger partial charge in [0.1, 0.15) is 0 Å². The number of fused-ring (bicyclic) bond motifs is 1. The van der Waals surface area contributed by atoms with E-state index >= 15 is 0 Å². The minimum absolute atomic E-state index is 0.0375. The first-order chi connectivity index (χ1) is 12.5. The average Bonchev–Trinajstić information content (AvgIpc) is 2.61.